The summed E-state index contributed by atoms with van der Waals surface area (Å²) in [5.74, 6) is 1.14. The van der Waals surface area contributed by atoms with Gasteiger partial charge >= 0.3 is 0 Å². The van der Waals surface area contributed by atoms with Crippen molar-refractivity contribution in [1.82, 2.24) is 29.6 Å². The Morgan fingerprint density at radius 2 is 1.87 bits per heavy atom. The van der Waals surface area contributed by atoms with E-state index in [4.69, 9.17) is 26.1 Å². The number of aromatic nitrogens is 4. The average molecular weight is 534 g/mol. The summed E-state index contributed by atoms with van der Waals surface area (Å²) >= 11 is 6.57. The van der Waals surface area contributed by atoms with Gasteiger partial charge in [-0.2, -0.15) is 0 Å². The normalized spacial score (nSPS) is 16.6. The van der Waals surface area contributed by atoms with Gasteiger partial charge in [0.15, 0.2) is 0 Å². The molecule has 2 aliphatic heterocycles. The quantitative estimate of drug-likeness (QED) is 0.386. The number of benzene rings is 1. The largest absolute Gasteiger partial charge is 0.494 e. The third-order valence-electron chi connectivity index (χ3n) is 6.93. The molecule has 2 fully saturated rings. The van der Waals surface area contributed by atoms with Crippen molar-refractivity contribution in [3.05, 3.63) is 59.5 Å². The Morgan fingerprint density at radius 3 is 2.68 bits per heavy atom. The van der Waals surface area contributed by atoms with Gasteiger partial charge in [-0.1, -0.05) is 11.6 Å². The number of hydrogen-bond donors (Lipinski definition) is 1. The van der Waals surface area contributed by atoms with Crippen molar-refractivity contribution < 1.29 is 9.47 Å². The molecule has 0 atom stereocenters. The minimum Gasteiger partial charge on any atom is -0.494 e. The molecule has 0 unspecified atom stereocenters. The summed E-state index contributed by atoms with van der Waals surface area (Å²) in [4.78, 5) is 18.5. The number of ether oxygens (including phenoxy) is 2. The van der Waals surface area contributed by atoms with Crippen LogP contribution in [-0.4, -0.2) is 83.8 Å². The summed E-state index contributed by atoms with van der Waals surface area (Å²) in [5, 5.41) is 8.18. The van der Waals surface area contributed by atoms with Gasteiger partial charge in [-0.05, 0) is 29.8 Å². The number of methoxy groups -OCH3 is 1. The monoisotopic (exact) mass is 533 g/mol. The molecular formula is C27H30ClN8O2. The first-order valence-corrected chi connectivity index (χ1v) is 13.2. The highest BCUT2D eigenvalue weighted by Gasteiger charge is 2.17. The Hall–Kier alpha value is -3.44. The van der Waals surface area contributed by atoms with Gasteiger partial charge in [0.2, 0.25) is 5.95 Å². The van der Waals surface area contributed by atoms with Gasteiger partial charge in [0, 0.05) is 63.8 Å². The van der Waals surface area contributed by atoms with E-state index in [0.717, 1.165) is 81.7 Å². The van der Waals surface area contributed by atoms with E-state index in [1.807, 2.05) is 22.7 Å². The zero-order valence-electron chi connectivity index (χ0n) is 21.3. The SMILES string of the molecule is COc1cc(N2CC[N]CC2)ccc1Nc1ncc(Cl)c(-c2cnc3cc(CN4CCOCC4)ccn23)n1. The highest BCUT2D eigenvalue weighted by Crippen LogP contribution is 2.33. The summed E-state index contributed by atoms with van der Waals surface area (Å²) in [6.45, 7) is 7.84. The molecule has 5 heterocycles. The number of piperazine rings is 1. The average Bonchev–Trinajstić information content (AvgIpc) is 3.38. The molecule has 1 aromatic carbocycles. The van der Waals surface area contributed by atoms with Crippen LogP contribution in [0.4, 0.5) is 17.3 Å². The molecule has 10 nitrogen and oxygen atoms in total. The molecule has 2 aliphatic rings. The van der Waals surface area contributed by atoms with Crippen LogP contribution in [0.5, 0.6) is 5.75 Å². The number of nitrogens with one attached hydrogen (secondary N) is 1. The summed E-state index contributed by atoms with van der Waals surface area (Å²) in [6, 6.07) is 10.3. The van der Waals surface area contributed by atoms with Crippen LogP contribution in [0.2, 0.25) is 5.02 Å². The number of hydrogen-bond acceptors (Lipinski definition) is 8. The predicted octanol–water partition coefficient (Wildman–Crippen LogP) is 3.45. The molecular weight excluding hydrogens is 504 g/mol. The molecule has 0 aliphatic carbocycles. The van der Waals surface area contributed by atoms with Crippen LogP contribution in [0.3, 0.4) is 0 Å². The fourth-order valence-corrected chi connectivity index (χ4v) is 5.07. The van der Waals surface area contributed by atoms with Crippen LogP contribution in [0.1, 0.15) is 5.56 Å². The lowest BCUT2D eigenvalue weighted by Crippen LogP contribution is -2.40. The summed E-state index contributed by atoms with van der Waals surface area (Å²) in [5.41, 5.74) is 5.34. The van der Waals surface area contributed by atoms with Gasteiger partial charge in [0.1, 0.15) is 17.1 Å². The molecule has 11 heteroatoms. The van der Waals surface area contributed by atoms with Gasteiger partial charge in [-0.25, -0.2) is 20.3 Å². The molecule has 6 rings (SSSR count). The Morgan fingerprint density at radius 1 is 1.03 bits per heavy atom. The molecule has 1 N–H and O–H groups in total. The number of pyridine rings is 1. The van der Waals surface area contributed by atoms with Crippen molar-refractivity contribution in [3.8, 4) is 17.1 Å². The van der Waals surface area contributed by atoms with Gasteiger partial charge in [-0.15, -0.1) is 0 Å². The Labute approximate surface area is 226 Å². The van der Waals surface area contributed by atoms with Crippen molar-refractivity contribution in [3.63, 3.8) is 0 Å². The minimum absolute atomic E-state index is 0.422. The zero-order chi connectivity index (χ0) is 25.9. The van der Waals surface area contributed by atoms with Gasteiger partial charge in [0.05, 0.1) is 49.1 Å². The van der Waals surface area contributed by atoms with Crippen LogP contribution in [0.15, 0.2) is 48.9 Å². The van der Waals surface area contributed by atoms with Crippen LogP contribution in [0, 0.1) is 0 Å². The third kappa shape index (κ3) is 5.25. The van der Waals surface area contributed by atoms with Crippen LogP contribution in [0.25, 0.3) is 17.0 Å². The van der Waals surface area contributed by atoms with Crippen molar-refractivity contribution in [2.45, 2.75) is 6.54 Å². The molecule has 4 aromatic rings. The van der Waals surface area contributed by atoms with E-state index in [-0.39, 0.29) is 0 Å². The molecule has 0 saturated carbocycles. The predicted molar refractivity (Wildman–Crippen MR) is 148 cm³/mol. The van der Waals surface area contributed by atoms with Crippen molar-refractivity contribution in [1.29, 1.82) is 0 Å². The van der Waals surface area contributed by atoms with E-state index in [1.54, 1.807) is 19.5 Å². The van der Waals surface area contributed by atoms with E-state index in [2.05, 4.69) is 48.6 Å². The van der Waals surface area contributed by atoms with Crippen molar-refractivity contribution >= 4 is 34.6 Å². The number of nitrogens with zero attached hydrogens (tertiary/aromatic N) is 7. The first kappa shape index (κ1) is 24.9. The smallest absolute Gasteiger partial charge is 0.227 e. The second kappa shape index (κ2) is 11.1. The van der Waals surface area contributed by atoms with E-state index < -0.39 is 0 Å². The standard InChI is InChI=1S/C27H30ClN8O2/c1-37-24-15-20(35-8-5-29-6-9-35)2-3-22(24)32-27-31-16-21(28)26(33-27)23-17-30-25-14-19(4-7-36(23)25)18-34-10-12-38-13-11-34/h2-4,7,14-17H,5-6,8-13,18H2,1H3,(H,31,32,33). The molecule has 0 amide bonds. The first-order chi connectivity index (χ1) is 18.7. The van der Waals surface area contributed by atoms with Crippen molar-refractivity contribution in [2.24, 2.45) is 0 Å². The number of anilines is 3. The number of fused-ring (bicyclic) bond motifs is 1. The summed E-state index contributed by atoms with van der Waals surface area (Å²) in [6.07, 6.45) is 5.43. The molecule has 0 bridgehead atoms. The fraction of sp³-hybridized carbons (Fsp3) is 0.370. The van der Waals surface area contributed by atoms with Crippen molar-refractivity contribution in [2.75, 3.05) is 69.8 Å². The van der Waals surface area contributed by atoms with Gasteiger partial charge in [0.25, 0.3) is 0 Å². The second-order valence-corrected chi connectivity index (χ2v) is 9.76. The van der Waals surface area contributed by atoms with E-state index >= 15 is 0 Å². The van der Waals surface area contributed by atoms with Crippen LogP contribution < -0.4 is 20.3 Å². The minimum atomic E-state index is 0.422. The van der Waals surface area contributed by atoms with Crippen LogP contribution in [-0.2, 0) is 11.3 Å². The maximum atomic E-state index is 6.57. The third-order valence-corrected chi connectivity index (χ3v) is 7.20. The van der Waals surface area contributed by atoms with Gasteiger partial charge < -0.3 is 19.7 Å². The Kier molecular flexibility index (Phi) is 7.28. The zero-order valence-corrected chi connectivity index (χ0v) is 22.1. The van der Waals surface area contributed by atoms with Gasteiger partial charge in [-0.3, -0.25) is 9.30 Å². The van der Waals surface area contributed by atoms with E-state index in [0.29, 0.717) is 22.4 Å². The van der Waals surface area contributed by atoms with E-state index in [9.17, 15) is 0 Å². The number of rotatable bonds is 7. The number of halogens is 1. The van der Waals surface area contributed by atoms with E-state index in [1.165, 1.54) is 5.56 Å². The lowest BCUT2D eigenvalue weighted by molar-refractivity contribution is 0.0342. The first-order valence-electron chi connectivity index (χ1n) is 12.8. The summed E-state index contributed by atoms with van der Waals surface area (Å²) in [7, 11) is 1.66. The molecule has 2 saturated heterocycles. The molecule has 0 spiro atoms. The number of imidazole rings is 1. The fourth-order valence-electron chi connectivity index (χ4n) is 4.89. The second-order valence-electron chi connectivity index (χ2n) is 9.35. The summed E-state index contributed by atoms with van der Waals surface area (Å²) < 4.78 is 13.1. The lowest BCUT2D eigenvalue weighted by atomic mass is 10.2. The lowest BCUT2D eigenvalue weighted by Gasteiger charge is -2.29. The topological polar surface area (TPSA) is 94.1 Å². The van der Waals surface area contributed by atoms with Crippen LogP contribution >= 0.6 is 11.6 Å². The maximum Gasteiger partial charge on any atom is 0.227 e. The maximum absolute atomic E-state index is 6.57. The molecule has 3 aromatic heterocycles. The highest BCUT2D eigenvalue weighted by molar-refractivity contribution is 6.32. The highest BCUT2D eigenvalue weighted by atomic mass is 35.5. The number of morpholine rings is 1. The molecule has 1 radical (unpaired) electrons. The molecule has 197 valence electrons. The Balaban J connectivity index is 1.24. The molecule has 38 heavy (non-hydrogen) atoms. The Bertz CT molecular complexity index is 1420.